The Morgan fingerprint density at radius 1 is 1.22 bits per heavy atom. The van der Waals surface area contributed by atoms with Crippen LogP contribution in [0.25, 0.3) is 10.9 Å². The van der Waals surface area contributed by atoms with Gasteiger partial charge < -0.3 is 14.6 Å². The Morgan fingerprint density at radius 2 is 2.07 bits per heavy atom. The van der Waals surface area contributed by atoms with Crippen molar-refractivity contribution in [3.8, 4) is 5.75 Å². The summed E-state index contributed by atoms with van der Waals surface area (Å²) < 4.78 is 5.48. The van der Waals surface area contributed by atoms with Gasteiger partial charge in [0.1, 0.15) is 5.75 Å². The molecular formula is C22H32ClN3O. The van der Waals surface area contributed by atoms with Crippen molar-refractivity contribution in [1.29, 1.82) is 0 Å². The third kappa shape index (κ3) is 4.33. The van der Waals surface area contributed by atoms with Gasteiger partial charge in [0.05, 0.1) is 7.11 Å². The van der Waals surface area contributed by atoms with Crippen LogP contribution in [-0.4, -0.2) is 49.4 Å². The van der Waals surface area contributed by atoms with Crippen LogP contribution in [0.2, 0.25) is 0 Å². The third-order valence-electron chi connectivity index (χ3n) is 6.37. The number of hydrogen-bond donors (Lipinski definition) is 1. The van der Waals surface area contributed by atoms with E-state index in [2.05, 4.69) is 39.4 Å². The lowest BCUT2D eigenvalue weighted by Gasteiger charge is -2.36. The number of rotatable bonds is 6. The van der Waals surface area contributed by atoms with Gasteiger partial charge in [-0.1, -0.05) is 6.42 Å². The lowest BCUT2D eigenvalue weighted by atomic mass is 9.71. The number of ether oxygens (including phenoxy) is 1. The van der Waals surface area contributed by atoms with Crippen LogP contribution in [-0.2, 0) is 5.41 Å². The van der Waals surface area contributed by atoms with E-state index in [1.807, 2.05) is 6.07 Å². The smallest absolute Gasteiger partial charge is 0.119 e. The number of methoxy groups -OCH3 is 1. The number of halogens is 1. The zero-order valence-corrected chi connectivity index (χ0v) is 17.2. The van der Waals surface area contributed by atoms with E-state index in [1.54, 1.807) is 7.11 Å². The number of benzene rings is 1. The molecule has 1 fully saturated rings. The Labute approximate surface area is 168 Å². The van der Waals surface area contributed by atoms with E-state index in [0.29, 0.717) is 0 Å². The molecule has 2 aliphatic heterocycles. The van der Waals surface area contributed by atoms with Crippen molar-refractivity contribution in [3.05, 3.63) is 30.0 Å². The molecule has 0 aliphatic carbocycles. The monoisotopic (exact) mass is 389 g/mol. The van der Waals surface area contributed by atoms with Gasteiger partial charge >= 0.3 is 0 Å². The molecule has 2 aliphatic rings. The summed E-state index contributed by atoms with van der Waals surface area (Å²) in [5, 5.41) is 1.32. The molecule has 1 atom stereocenters. The topological polar surface area (TPSA) is 40.6 Å². The van der Waals surface area contributed by atoms with Gasteiger partial charge in [-0.15, -0.1) is 12.4 Å². The minimum Gasteiger partial charge on any atom is -0.497 e. The van der Waals surface area contributed by atoms with E-state index in [9.17, 15) is 0 Å². The molecule has 0 amide bonds. The van der Waals surface area contributed by atoms with E-state index in [0.717, 1.165) is 25.1 Å². The Kier molecular flexibility index (Phi) is 6.83. The molecular weight excluding hydrogens is 358 g/mol. The zero-order valence-electron chi connectivity index (χ0n) is 16.4. The maximum Gasteiger partial charge on any atom is 0.119 e. The maximum absolute atomic E-state index is 5.48. The van der Waals surface area contributed by atoms with Gasteiger partial charge in [0, 0.05) is 29.1 Å². The van der Waals surface area contributed by atoms with Gasteiger partial charge in [0.2, 0.25) is 0 Å². The summed E-state index contributed by atoms with van der Waals surface area (Å²) in [6.45, 7) is 4.77. The van der Waals surface area contributed by atoms with Gasteiger partial charge in [-0.05, 0) is 88.1 Å². The maximum atomic E-state index is 5.48. The Morgan fingerprint density at radius 3 is 2.81 bits per heavy atom. The van der Waals surface area contributed by atoms with Gasteiger partial charge in [-0.25, -0.2) is 0 Å². The number of aromatic nitrogens is 1. The largest absolute Gasteiger partial charge is 0.497 e. The summed E-state index contributed by atoms with van der Waals surface area (Å²) in [6, 6.07) is 6.36. The number of piperidine rings is 1. The van der Waals surface area contributed by atoms with Crippen molar-refractivity contribution in [2.75, 3.05) is 33.3 Å². The fraction of sp³-hybridized carbons (Fsp3) is 0.591. The predicted molar refractivity (Wildman–Crippen MR) is 116 cm³/mol. The first-order valence-electron chi connectivity index (χ1n) is 10.2. The number of aromatic amines is 1. The van der Waals surface area contributed by atoms with Crippen molar-refractivity contribution in [2.24, 2.45) is 4.99 Å². The van der Waals surface area contributed by atoms with Gasteiger partial charge in [-0.3, -0.25) is 4.99 Å². The zero-order chi connectivity index (χ0) is 17.8. The first-order chi connectivity index (χ1) is 12.8. The van der Waals surface area contributed by atoms with E-state index in [1.165, 1.54) is 68.2 Å². The summed E-state index contributed by atoms with van der Waals surface area (Å²) in [4.78, 5) is 10.7. The fourth-order valence-corrected chi connectivity index (χ4v) is 4.81. The highest BCUT2D eigenvalue weighted by Gasteiger charge is 2.34. The SMILES string of the molecule is COc1ccc2[nH]cc(C3(CCCN4CCCCC4)CC=NCC3)c2c1.Cl. The molecule has 0 saturated carbocycles. The van der Waals surface area contributed by atoms with Gasteiger partial charge in [0.25, 0.3) is 0 Å². The van der Waals surface area contributed by atoms with Crippen LogP contribution in [0.3, 0.4) is 0 Å². The summed E-state index contributed by atoms with van der Waals surface area (Å²) in [5.41, 5.74) is 2.87. The second kappa shape index (κ2) is 9.11. The first-order valence-corrected chi connectivity index (χ1v) is 10.2. The standard InChI is InChI=1S/C22H31N3O.ClH/c1-26-18-6-7-21-19(16-18)20(17-24-21)22(9-11-23-12-10-22)8-5-15-25-13-3-2-4-14-25;/h6-7,11,16-17,24H,2-5,8-10,12-15H2,1H3;1H. The molecule has 3 heterocycles. The summed E-state index contributed by atoms with van der Waals surface area (Å²) in [7, 11) is 1.75. The summed E-state index contributed by atoms with van der Waals surface area (Å²) in [6.07, 6.45) is 13.3. The molecule has 4 nitrogen and oxygen atoms in total. The van der Waals surface area contributed by atoms with Crippen molar-refractivity contribution in [1.82, 2.24) is 9.88 Å². The van der Waals surface area contributed by atoms with Gasteiger partial charge in [0.15, 0.2) is 0 Å². The Bertz CT molecular complexity index is 766. The van der Waals surface area contributed by atoms with Crippen molar-refractivity contribution in [3.63, 3.8) is 0 Å². The highest BCUT2D eigenvalue weighted by Crippen LogP contribution is 2.42. The van der Waals surface area contributed by atoms with Crippen LogP contribution in [0.5, 0.6) is 5.75 Å². The van der Waals surface area contributed by atoms with E-state index in [-0.39, 0.29) is 17.8 Å². The molecule has 1 saturated heterocycles. The van der Waals surface area contributed by atoms with Crippen LogP contribution in [0.1, 0.15) is 50.5 Å². The molecule has 4 rings (SSSR count). The number of nitrogens with one attached hydrogen (secondary N) is 1. The summed E-state index contributed by atoms with van der Waals surface area (Å²) in [5.74, 6) is 0.936. The minimum absolute atomic E-state index is 0. The minimum atomic E-state index is 0. The molecule has 0 radical (unpaired) electrons. The van der Waals surface area contributed by atoms with E-state index < -0.39 is 0 Å². The number of H-pyrrole nitrogens is 1. The van der Waals surface area contributed by atoms with Crippen LogP contribution >= 0.6 is 12.4 Å². The van der Waals surface area contributed by atoms with Crippen LogP contribution in [0, 0.1) is 0 Å². The Hall–Kier alpha value is -1.52. The molecule has 1 aromatic heterocycles. The lowest BCUT2D eigenvalue weighted by Crippen LogP contribution is -2.34. The number of aliphatic imine (C=N–C) groups is 1. The molecule has 27 heavy (non-hydrogen) atoms. The normalized spacial score (nSPS) is 23.3. The number of hydrogen-bond acceptors (Lipinski definition) is 3. The average molecular weight is 390 g/mol. The van der Waals surface area contributed by atoms with Crippen LogP contribution < -0.4 is 4.74 Å². The second-order valence-electron chi connectivity index (χ2n) is 7.94. The fourth-order valence-electron chi connectivity index (χ4n) is 4.81. The van der Waals surface area contributed by atoms with E-state index >= 15 is 0 Å². The molecule has 148 valence electrons. The number of fused-ring (bicyclic) bond motifs is 1. The molecule has 5 heteroatoms. The van der Waals surface area contributed by atoms with Crippen LogP contribution in [0.4, 0.5) is 0 Å². The van der Waals surface area contributed by atoms with Crippen molar-refractivity contribution >= 4 is 29.5 Å². The molecule has 0 bridgehead atoms. The highest BCUT2D eigenvalue weighted by atomic mass is 35.5. The predicted octanol–water partition coefficient (Wildman–Crippen LogP) is 4.97. The molecule has 2 aromatic rings. The average Bonchev–Trinajstić information content (AvgIpc) is 3.13. The molecule has 1 aromatic carbocycles. The van der Waals surface area contributed by atoms with Crippen molar-refractivity contribution < 1.29 is 4.74 Å². The number of likely N-dealkylation sites (tertiary alicyclic amines) is 1. The second-order valence-corrected chi connectivity index (χ2v) is 7.94. The van der Waals surface area contributed by atoms with Crippen LogP contribution in [0.15, 0.2) is 29.4 Å². The quantitative estimate of drug-likeness (QED) is 0.757. The number of nitrogens with zero attached hydrogens (tertiary/aromatic N) is 2. The van der Waals surface area contributed by atoms with Gasteiger partial charge in [-0.2, -0.15) is 0 Å². The summed E-state index contributed by atoms with van der Waals surface area (Å²) >= 11 is 0. The van der Waals surface area contributed by atoms with E-state index in [4.69, 9.17) is 4.74 Å². The third-order valence-corrected chi connectivity index (χ3v) is 6.37. The molecule has 1 N–H and O–H groups in total. The Balaban J connectivity index is 0.00000210. The van der Waals surface area contributed by atoms with Crippen molar-refractivity contribution in [2.45, 2.75) is 50.4 Å². The lowest BCUT2D eigenvalue weighted by molar-refractivity contribution is 0.214. The molecule has 1 unspecified atom stereocenters. The first kappa shape index (κ1) is 20.2. The molecule has 0 spiro atoms. The highest BCUT2D eigenvalue weighted by molar-refractivity contribution is 5.86.